The quantitative estimate of drug-likeness (QED) is 0.0634. The van der Waals surface area contributed by atoms with Crippen molar-refractivity contribution >= 4 is 5.97 Å². The van der Waals surface area contributed by atoms with Crippen LogP contribution in [0.25, 0.3) is 0 Å². The largest absolute Gasteiger partial charge is 0.455 e. The Hall–Kier alpha value is -1.03. The summed E-state index contributed by atoms with van der Waals surface area (Å²) in [5.41, 5.74) is 0.857. The molecule has 3 aliphatic heterocycles. The third kappa shape index (κ3) is 14.3. The molecule has 0 amide bonds. The number of hydrogen-bond donors (Lipinski definition) is 4. The minimum atomic E-state index is -0.729. The van der Waals surface area contributed by atoms with Crippen molar-refractivity contribution in [3.05, 3.63) is 11.6 Å². The van der Waals surface area contributed by atoms with Crippen LogP contribution in [0.4, 0.5) is 0 Å². The minimum Gasteiger partial charge on any atom is -0.455 e. The molecule has 3 aliphatic rings. The van der Waals surface area contributed by atoms with Gasteiger partial charge in [-0.15, -0.1) is 0 Å². The van der Waals surface area contributed by atoms with Crippen LogP contribution in [0.5, 0.6) is 0 Å². The molecule has 262 valence electrons. The van der Waals surface area contributed by atoms with Crippen LogP contribution >= 0.6 is 0 Å². The Morgan fingerprint density at radius 2 is 1.11 bits per heavy atom. The lowest BCUT2D eigenvalue weighted by Gasteiger charge is -2.24. The molecule has 0 aromatic heterocycles. The van der Waals surface area contributed by atoms with Gasteiger partial charge < -0.3 is 34.6 Å². The molecule has 0 aromatic carbocycles. The molecule has 0 aromatic rings. The number of ether oxygens (including phenoxy) is 3. The summed E-state index contributed by atoms with van der Waals surface area (Å²) in [6.45, 7) is 4.03. The van der Waals surface area contributed by atoms with Crippen LogP contribution in [0.1, 0.15) is 162 Å². The molecule has 8 heteroatoms. The predicted octanol–water partition coefficient (Wildman–Crippen LogP) is 6.83. The van der Waals surface area contributed by atoms with Crippen LogP contribution in [-0.2, 0) is 19.0 Å². The molecule has 0 radical (unpaired) electrons. The third-order valence-corrected chi connectivity index (χ3v) is 10.2. The van der Waals surface area contributed by atoms with Gasteiger partial charge in [0, 0.05) is 5.57 Å². The molecule has 0 bridgehead atoms. The van der Waals surface area contributed by atoms with Crippen LogP contribution in [0.3, 0.4) is 0 Å². The smallest absolute Gasteiger partial charge is 0.334 e. The normalized spacial score (nSPS) is 27.8. The highest BCUT2D eigenvalue weighted by Crippen LogP contribution is 2.34. The maximum atomic E-state index is 11.6. The molecule has 0 saturated carbocycles. The molecular weight excluding hydrogens is 572 g/mol. The van der Waals surface area contributed by atoms with E-state index in [1.165, 1.54) is 44.9 Å². The molecule has 0 aliphatic carbocycles. The summed E-state index contributed by atoms with van der Waals surface area (Å²) in [7, 11) is 0. The molecule has 45 heavy (non-hydrogen) atoms. The highest BCUT2D eigenvalue weighted by molar-refractivity contribution is 5.90. The molecule has 3 rings (SSSR count). The molecule has 3 unspecified atom stereocenters. The Kier molecular flexibility index (Phi) is 18.6. The van der Waals surface area contributed by atoms with Crippen molar-refractivity contribution in [2.24, 2.45) is 0 Å². The van der Waals surface area contributed by atoms with Gasteiger partial charge in [0.05, 0.1) is 48.8 Å². The Morgan fingerprint density at radius 1 is 0.644 bits per heavy atom. The van der Waals surface area contributed by atoms with E-state index >= 15 is 0 Å². The Labute approximate surface area is 273 Å². The lowest BCUT2D eigenvalue weighted by molar-refractivity contribution is -0.139. The maximum Gasteiger partial charge on any atom is 0.334 e. The molecule has 2 fully saturated rings. The molecule has 9 atom stereocenters. The second-order valence-electron chi connectivity index (χ2n) is 14.2. The van der Waals surface area contributed by atoms with Crippen molar-refractivity contribution in [1.82, 2.24) is 0 Å². The van der Waals surface area contributed by atoms with Crippen molar-refractivity contribution in [2.75, 3.05) is 0 Å². The van der Waals surface area contributed by atoms with Crippen LogP contribution in [0.15, 0.2) is 11.6 Å². The number of rotatable bonds is 25. The highest BCUT2D eigenvalue weighted by Gasteiger charge is 2.40. The number of esters is 1. The van der Waals surface area contributed by atoms with Crippen molar-refractivity contribution in [2.45, 2.75) is 216 Å². The van der Waals surface area contributed by atoms with E-state index in [-0.39, 0.29) is 36.5 Å². The SMILES string of the molecule is CCCCCC(O)C(O)CCC[C@@H](O)[C@@H]1CC[C@H]([C@H]2CC[C@H]([C@H](O)CCCCCCCCCCCCC3=CC(C)OC3=O)O2)O1. The Morgan fingerprint density at radius 3 is 1.62 bits per heavy atom. The number of hydrogen-bond acceptors (Lipinski definition) is 8. The van der Waals surface area contributed by atoms with Gasteiger partial charge >= 0.3 is 5.97 Å². The van der Waals surface area contributed by atoms with Gasteiger partial charge in [-0.2, -0.15) is 0 Å². The maximum absolute atomic E-state index is 11.6. The first kappa shape index (κ1) is 38.4. The standard InChI is InChI=1S/C37H66O8/c1-3-4-13-18-29(38)30(39)20-16-21-32(41)34-23-25-36(45-34)35-24-22-33(44-35)31(40)19-15-12-10-8-6-5-7-9-11-14-17-28-26-27(2)43-37(28)42/h26-27,29-36,38-41H,3-25H2,1-2H3/t27?,29?,30?,31-,32-,33-,34+,35-,36-/m1/s1. The molecule has 3 heterocycles. The first-order chi connectivity index (χ1) is 21.8. The zero-order chi connectivity index (χ0) is 32.4. The number of cyclic esters (lactones) is 1. The molecule has 0 spiro atoms. The first-order valence-corrected chi connectivity index (χ1v) is 18.7. The molecule has 4 N–H and O–H groups in total. The zero-order valence-corrected chi connectivity index (χ0v) is 28.5. The Balaban J connectivity index is 1.14. The van der Waals surface area contributed by atoms with Gasteiger partial charge in [0.1, 0.15) is 6.10 Å². The third-order valence-electron chi connectivity index (χ3n) is 10.2. The van der Waals surface area contributed by atoms with E-state index in [0.717, 1.165) is 82.6 Å². The van der Waals surface area contributed by atoms with Crippen LogP contribution < -0.4 is 0 Å². The van der Waals surface area contributed by atoms with Gasteiger partial charge in [-0.05, 0) is 83.6 Å². The summed E-state index contributed by atoms with van der Waals surface area (Å²) in [4.78, 5) is 11.6. The van der Waals surface area contributed by atoms with Gasteiger partial charge in [0.15, 0.2) is 0 Å². The summed E-state index contributed by atoms with van der Waals surface area (Å²) in [5, 5.41) is 41.8. The lowest BCUT2D eigenvalue weighted by Crippen LogP contribution is -2.33. The van der Waals surface area contributed by atoms with E-state index in [1.54, 1.807) is 0 Å². The van der Waals surface area contributed by atoms with Gasteiger partial charge in [-0.3, -0.25) is 0 Å². The average molecular weight is 639 g/mol. The topological polar surface area (TPSA) is 126 Å². The second kappa shape index (κ2) is 21.8. The van der Waals surface area contributed by atoms with Crippen molar-refractivity contribution < 1.29 is 39.4 Å². The number of aliphatic hydroxyl groups is 4. The van der Waals surface area contributed by atoms with E-state index in [9.17, 15) is 25.2 Å². The van der Waals surface area contributed by atoms with Crippen molar-refractivity contribution in [1.29, 1.82) is 0 Å². The average Bonchev–Trinajstić information content (AvgIpc) is 3.77. The van der Waals surface area contributed by atoms with Gasteiger partial charge in [0.25, 0.3) is 0 Å². The number of carbonyl (C=O) groups excluding carboxylic acids is 1. The number of carbonyl (C=O) groups is 1. The molecule has 2 saturated heterocycles. The van der Waals surface area contributed by atoms with Gasteiger partial charge in [0.2, 0.25) is 0 Å². The summed E-state index contributed by atoms with van der Waals surface area (Å²) in [6, 6.07) is 0. The minimum absolute atomic E-state index is 0.0121. The van der Waals surface area contributed by atoms with Gasteiger partial charge in [-0.25, -0.2) is 4.79 Å². The predicted molar refractivity (Wildman–Crippen MR) is 177 cm³/mol. The second-order valence-corrected chi connectivity index (χ2v) is 14.2. The zero-order valence-electron chi connectivity index (χ0n) is 28.5. The van der Waals surface area contributed by atoms with E-state index in [0.29, 0.717) is 25.7 Å². The van der Waals surface area contributed by atoms with Crippen LogP contribution in [0, 0.1) is 0 Å². The van der Waals surface area contributed by atoms with Crippen LogP contribution in [-0.4, -0.2) is 81.3 Å². The fourth-order valence-electron chi connectivity index (χ4n) is 7.29. The number of unbranched alkanes of at least 4 members (excludes halogenated alkanes) is 11. The van der Waals surface area contributed by atoms with Crippen molar-refractivity contribution in [3.8, 4) is 0 Å². The summed E-state index contributed by atoms with van der Waals surface area (Å²) >= 11 is 0. The fraction of sp³-hybridized carbons (Fsp3) is 0.919. The molecule has 8 nitrogen and oxygen atoms in total. The van der Waals surface area contributed by atoms with Crippen LogP contribution in [0.2, 0.25) is 0 Å². The van der Waals surface area contributed by atoms with Crippen molar-refractivity contribution in [3.63, 3.8) is 0 Å². The molecular formula is C37H66O8. The van der Waals surface area contributed by atoms with E-state index < -0.39 is 24.4 Å². The summed E-state index contributed by atoms with van der Waals surface area (Å²) < 4.78 is 17.6. The first-order valence-electron chi connectivity index (χ1n) is 18.7. The lowest BCUT2D eigenvalue weighted by atomic mass is 9.98. The summed E-state index contributed by atoms with van der Waals surface area (Å²) in [6.07, 6.45) is 21.5. The fourth-order valence-corrected chi connectivity index (χ4v) is 7.29. The number of aliphatic hydroxyl groups excluding tert-OH is 4. The van der Waals surface area contributed by atoms with E-state index in [1.807, 2.05) is 13.0 Å². The van der Waals surface area contributed by atoms with Gasteiger partial charge in [-0.1, -0.05) is 84.0 Å². The highest BCUT2D eigenvalue weighted by atomic mass is 16.6. The Bertz CT molecular complexity index is 833. The summed E-state index contributed by atoms with van der Waals surface area (Å²) in [5.74, 6) is -0.129. The monoisotopic (exact) mass is 638 g/mol. The van der Waals surface area contributed by atoms with E-state index in [2.05, 4.69) is 6.92 Å². The van der Waals surface area contributed by atoms with E-state index in [4.69, 9.17) is 14.2 Å².